The minimum absolute atomic E-state index is 0.129. The Morgan fingerprint density at radius 1 is 1.39 bits per heavy atom. The Balaban J connectivity index is 1.76. The number of amides is 1. The van der Waals surface area contributed by atoms with Crippen LogP contribution in [0, 0.1) is 5.92 Å². The second-order valence-corrected chi connectivity index (χ2v) is 6.90. The summed E-state index contributed by atoms with van der Waals surface area (Å²) in [7, 11) is 0. The van der Waals surface area contributed by atoms with Gasteiger partial charge in [-0.25, -0.2) is 0 Å². The SMILES string of the molecule is CCn1cc(Br)c(=O)c(NC(=O)[C@@H]2C[C@@H]2c2ccccc2Cl)c1. The minimum Gasteiger partial charge on any atom is -0.351 e. The molecule has 0 radical (unpaired) electrons. The van der Waals surface area contributed by atoms with Crippen molar-refractivity contribution in [2.45, 2.75) is 25.8 Å². The van der Waals surface area contributed by atoms with E-state index in [2.05, 4.69) is 21.2 Å². The molecule has 1 fully saturated rings. The number of carbonyl (C=O) groups is 1. The number of rotatable bonds is 4. The Kier molecular flexibility index (Phi) is 4.60. The third-order valence-corrected chi connectivity index (χ3v) is 5.00. The molecule has 1 amide bonds. The Hall–Kier alpha value is -1.59. The molecular weight excluding hydrogens is 380 g/mol. The fourth-order valence-corrected chi connectivity index (χ4v) is 3.45. The highest BCUT2D eigenvalue weighted by atomic mass is 79.9. The molecule has 6 heteroatoms. The molecule has 0 spiro atoms. The number of pyridine rings is 1. The molecule has 1 aromatic heterocycles. The number of halogens is 2. The highest BCUT2D eigenvalue weighted by molar-refractivity contribution is 9.10. The van der Waals surface area contributed by atoms with Crippen molar-refractivity contribution in [1.82, 2.24) is 4.57 Å². The van der Waals surface area contributed by atoms with Gasteiger partial charge in [0.2, 0.25) is 11.3 Å². The smallest absolute Gasteiger partial charge is 0.228 e. The number of nitrogens with one attached hydrogen (secondary N) is 1. The number of anilines is 1. The normalized spacial score (nSPS) is 19.4. The molecule has 0 saturated heterocycles. The van der Waals surface area contributed by atoms with Crippen molar-refractivity contribution < 1.29 is 4.79 Å². The third kappa shape index (κ3) is 3.35. The van der Waals surface area contributed by atoms with Gasteiger partial charge in [-0.3, -0.25) is 9.59 Å². The average molecular weight is 396 g/mol. The molecule has 1 aromatic carbocycles. The van der Waals surface area contributed by atoms with E-state index in [-0.39, 0.29) is 23.2 Å². The summed E-state index contributed by atoms with van der Waals surface area (Å²) in [6.45, 7) is 2.68. The van der Waals surface area contributed by atoms with Crippen molar-refractivity contribution in [2.24, 2.45) is 5.92 Å². The van der Waals surface area contributed by atoms with Crippen molar-refractivity contribution in [1.29, 1.82) is 0 Å². The molecule has 1 aliphatic carbocycles. The van der Waals surface area contributed by atoms with Crippen LogP contribution in [0.5, 0.6) is 0 Å². The monoisotopic (exact) mass is 394 g/mol. The maximum absolute atomic E-state index is 12.4. The molecule has 1 saturated carbocycles. The highest BCUT2D eigenvalue weighted by Gasteiger charge is 2.44. The number of aryl methyl sites for hydroxylation is 1. The van der Waals surface area contributed by atoms with Crippen LogP contribution in [0.4, 0.5) is 5.69 Å². The maximum Gasteiger partial charge on any atom is 0.228 e. The quantitative estimate of drug-likeness (QED) is 0.850. The summed E-state index contributed by atoms with van der Waals surface area (Å²) in [5.74, 6) is -0.139. The zero-order valence-corrected chi connectivity index (χ0v) is 14.9. The molecule has 0 bridgehead atoms. The van der Waals surface area contributed by atoms with Crippen molar-refractivity contribution in [3.63, 3.8) is 0 Å². The summed E-state index contributed by atoms with van der Waals surface area (Å²) in [6, 6.07) is 7.57. The van der Waals surface area contributed by atoms with Crippen LogP contribution in [0.15, 0.2) is 45.9 Å². The van der Waals surface area contributed by atoms with Crippen molar-refractivity contribution in [2.75, 3.05) is 5.32 Å². The van der Waals surface area contributed by atoms with Gasteiger partial charge in [0.15, 0.2) is 0 Å². The maximum atomic E-state index is 12.4. The van der Waals surface area contributed by atoms with Gasteiger partial charge in [0.25, 0.3) is 0 Å². The van der Waals surface area contributed by atoms with Crippen LogP contribution in [-0.2, 0) is 11.3 Å². The standard InChI is InChI=1S/C17H16BrClN2O2/c1-2-21-8-13(18)16(22)15(9-21)20-17(23)12-7-11(12)10-5-3-4-6-14(10)19/h3-6,8-9,11-12H,2,7H2,1H3,(H,20,23)/t11-,12-/m1/s1. The lowest BCUT2D eigenvalue weighted by Gasteiger charge is -2.09. The molecule has 120 valence electrons. The van der Waals surface area contributed by atoms with E-state index in [1.807, 2.05) is 35.8 Å². The first kappa shape index (κ1) is 16.3. The number of nitrogens with zero attached hydrogens (tertiary/aromatic N) is 1. The highest BCUT2D eigenvalue weighted by Crippen LogP contribution is 2.49. The number of carbonyl (C=O) groups excluding carboxylic acids is 1. The van der Waals surface area contributed by atoms with Gasteiger partial charge >= 0.3 is 0 Å². The van der Waals surface area contributed by atoms with Gasteiger partial charge in [-0.15, -0.1) is 0 Å². The molecule has 1 heterocycles. The predicted octanol–water partition coefficient (Wildman–Crippen LogP) is 4.03. The number of benzene rings is 1. The fraction of sp³-hybridized carbons (Fsp3) is 0.294. The van der Waals surface area contributed by atoms with Gasteiger partial charge in [-0.05, 0) is 46.8 Å². The molecule has 1 aliphatic rings. The summed E-state index contributed by atoms with van der Waals surface area (Å²) in [4.78, 5) is 24.5. The second kappa shape index (κ2) is 6.49. The van der Waals surface area contributed by atoms with Gasteiger partial charge in [-0.1, -0.05) is 29.8 Å². The third-order valence-electron chi connectivity index (χ3n) is 4.09. The number of aromatic nitrogens is 1. The van der Waals surface area contributed by atoms with Crippen molar-refractivity contribution in [3.05, 3.63) is 61.9 Å². The lowest BCUT2D eigenvalue weighted by molar-refractivity contribution is -0.117. The van der Waals surface area contributed by atoms with E-state index in [0.29, 0.717) is 21.7 Å². The Bertz CT molecular complexity index is 818. The summed E-state index contributed by atoms with van der Waals surface area (Å²) in [5, 5.41) is 3.45. The average Bonchev–Trinajstić information content (AvgIpc) is 3.32. The van der Waals surface area contributed by atoms with Crippen molar-refractivity contribution >= 4 is 39.1 Å². The molecule has 4 nitrogen and oxygen atoms in total. The van der Waals surface area contributed by atoms with Crippen LogP contribution < -0.4 is 10.7 Å². The van der Waals surface area contributed by atoms with Crippen molar-refractivity contribution in [3.8, 4) is 0 Å². The first-order valence-corrected chi connectivity index (χ1v) is 8.63. The van der Waals surface area contributed by atoms with Gasteiger partial charge in [-0.2, -0.15) is 0 Å². The summed E-state index contributed by atoms with van der Waals surface area (Å²) < 4.78 is 2.29. The van der Waals surface area contributed by atoms with Gasteiger partial charge < -0.3 is 9.88 Å². The Morgan fingerprint density at radius 3 is 2.83 bits per heavy atom. The summed E-state index contributed by atoms with van der Waals surface area (Å²) >= 11 is 9.42. The van der Waals surface area contributed by atoms with E-state index in [9.17, 15) is 9.59 Å². The topological polar surface area (TPSA) is 51.1 Å². The van der Waals surface area contributed by atoms with Crippen LogP contribution in [0.25, 0.3) is 0 Å². The van der Waals surface area contributed by atoms with E-state index in [1.165, 1.54) is 0 Å². The molecule has 3 rings (SSSR count). The lowest BCUT2D eigenvalue weighted by Crippen LogP contribution is -2.22. The molecule has 23 heavy (non-hydrogen) atoms. The van der Waals surface area contributed by atoms with Crippen LogP contribution in [0.3, 0.4) is 0 Å². The first-order chi connectivity index (χ1) is 11.0. The van der Waals surface area contributed by atoms with E-state index < -0.39 is 0 Å². The zero-order chi connectivity index (χ0) is 16.6. The zero-order valence-electron chi connectivity index (χ0n) is 12.6. The van der Waals surface area contributed by atoms with Crippen LogP contribution in [-0.4, -0.2) is 10.5 Å². The molecule has 0 unspecified atom stereocenters. The predicted molar refractivity (Wildman–Crippen MR) is 95.0 cm³/mol. The van der Waals surface area contributed by atoms with Crippen LogP contribution in [0.1, 0.15) is 24.8 Å². The van der Waals surface area contributed by atoms with E-state index >= 15 is 0 Å². The molecule has 0 aliphatic heterocycles. The lowest BCUT2D eigenvalue weighted by atomic mass is 10.1. The van der Waals surface area contributed by atoms with E-state index in [1.54, 1.807) is 12.4 Å². The largest absolute Gasteiger partial charge is 0.351 e. The second-order valence-electron chi connectivity index (χ2n) is 5.64. The summed E-state index contributed by atoms with van der Waals surface area (Å²) in [6.07, 6.45) is 4.13. The first-order valence-electron chi connectivity index (χ1n) is 7.46. The molecule has 2 atom stereocenters. The van der Waals surface area contributed by atoms with E-state index in [4.69, 9.17) is 11.6 Å². The molecule has 1 N–H and O–H groups in total. The molecule has 2 aromatic rings. The number of hydrogen-bond donors (Lipinski definition) is 1. The fourth-order valence-electron chi connectivity index (χ4n) is 2.70. The van der Waals surface area contributed by atoms with Crippen LogP contribution in [0.2, 0.25) is 5.02 Å². The Labute approximate surface area is 147 Å². The number of hydrogen-bond acceptors (Lipinski definition) is 2. The van der Waals surface area contributed by atoms with Crippen LogP contribution >= 0.6 is 27.5 Å². The minimum atomic E-state index is -0.210. The van der Waals surface area contributed by atoms with Gasteiger partial charge in [0.1, 0.15) is 5.69 Å². The molecular formula is C17H16BrClN2O2. The van der Waals surface area contributed by atoms with Gasteiger partial charge in [0.05, 0.1) is 4.47 Å². The van der Waals surface area contributed by atoms with E-state index in [0.717, 1.165) is 12.0 Å². The van der Waals surface area contributed by atoms with Gasteiger partial charge in [0, 0.05) is 29.9 Å². The summed E-state index contributed by atoms with van der Waals surface area (Å²) in [5.41, 5.74) is 1.09. The Morgan fingerprint density at radius 2 is 2.13 bits per heavy atom.